The summed E-state index contributed by atoms with van der Waals surface area (Å²) in [7, 11) is -3.63. The topological polar surface area (TPSA) is 57.6 Å². The number of sulfonamides is 1. The number of nitrogens with zero attached hydrogens (tertiary/aromatic N) is 1. The molecule has 4 nitrogen and oxygen atoms in total. The van der Waals surface area contributed by atoms with Crippen LogP contribution in [0, 0.1) is 6.92 Å². The van der Waals surface area contributed by atoms with Crippen LogP contribution in [0.15, 0.2) is 53.4 Å². The number of aliphatic hydroxyl groups excluding tert-OH is 1. The molecule has 1 aliphatic rings. The summed E-state index contributed by atoms with van der Waals surface area (Å²) < 4.78 is 27.1. The average Bonchev–Trinajstić information content (AvgIpc) is 2.51. The van der Waals surface area contributed by atoms with Gasteiger partial charge in [-0.15, -0.1) is 0 Å². The number of hydrogen-bond donors (Lipinski definition) is 1. The van der Waals surface area contributed by atoms with E-state index in [1.165, 1.54) is 4.31 Å². The van der Waals surface area contributed by atoms with E-state index in [9.17, 15) is 13.5 Å². The van der Waals surface area contributed by atoms with Gasteiger partial charge in [-0.1, -0.05) is 42.0 Å². The maximum atomic E-state index is 12.9. The summed E-state index contributed by atoms with van der Waals surface area (Å²) in [4.78, 5) is 0.261. The van der Waals surface area contributed by atoms with Crippen molar-refractivity contribution in [3.05, 3.63) is 65.2 Å². The van der Waals surface area contributed by atoms with E-state index in [2.05, 4.69) is 0 Å². The highest BCUT2D eigenvalue weighted by molar-refractivity contribution is 7.89. The molecule has 0 amide bonds. The van der Waals surface area contributed by atoms with E-state index in [0.717, 1.165) is 16.7 Å². The standard InChI is InChI=1S/C17H19NO3S/c1-12-7-9-14(10-8-12)22(20,21)18-11-17(19)16-6-4-3-5-15(16)13(18)2/h3-10,13,17,19H,11H2,1-2H3/t13-,17-/m0/s1. The number of rotatable bonds is 2. The molecule has 1 N–H and O–H groups in total. The molecule has 0 aromatic heterocycles. The maximum absolute atomic E-state index is 12.9. The van der Waals surface area contributed by atoms with Crippen LogP contribution >= 0.6 is 0 Å². The number of fused-ring (bicyclic) bond motifs is 1. The van der Waals surface area contributed by atoms with Crippen molar-refractivity contribution in [2.24, 2.45) is 0 Å². The van der Waals surface area contributed by atoms with Crippen molar-refractivity contribution in [3.8, 4) is 0 Å². The average molecular weight is 317 g/mol. The van der Waals surface area contributed by atoms with E-state index in [0.29, 0.717) is 0 Å². The third-order valence-corrected chi connectivity index (χ3v) is 6.17. The third-order valence-electron chi connectivity index (χ3n) is 4.22. The van der Waals surface area contributed by atoms with E-state index in [1.807, 2.05) is 38.1 Å². The Balaban J connectivity index is 2.04. The summed E-state index contributed by atoms with van der Waals surface area (Å²) in [5.74, 6) is 0. The van der Waals surface area contributed by atoms with Gasteiger partial charge in [0.25, 0.3) is 0 Å². The van der Waals surface area contributed by atoms with Gasteiger partial charge in [0.15, 0.2) is 0 Å². The fourth-order valence-corrected chi connectivity index (χ4v) is 4.55. The highest BCUT2D eigenvalue weighted by atomic mass is 32.2. The van der Waals surface area contributed by atoms with Crippen LogP contribution in [-0.2, 0) is 10.0 Å². The van der Waals surface area contributed by atoms with Gasteiger partial charge < -0.3 is 5.11 Å². The van der Waals surface area contributed by atoms with Crippen molar-refractivity contribution >= 4 is 10.0 Å². The number of aliphatic hydroxyl groups is 1. The van der Waals surface area contributed by atoms with Gasteiger partial charge in [-0.05, 0) is 37.1 Å². The lowest BCUT2D eigenvalue weighted by Gasteiger charge is -2.36. The quantitative estimate of drug-likeness (QED) is 0.926. The molecule has 0 fully saturated rings. The smallest absolute Gasteiger partial charge is 0.243 e. The van der Waals surface area contributed by atoms with Gasteiger partial charge >= 0.3 is 0 Å². The second-order valence-electron chi connectivity index (χ2n) is 5.71. The monoisotopic (exact) mass is 317 g/mol. The summed E-state index contributed by atoms with van der Waals surface area (Å²) in [6, 6.07) is 14.0. The molecular formula is C17H19NO3S. The van der Waals surface area contributed by atoms with Crippen molar-refractivity contribution in [1.82, 2.24) is 4.31 Å². The fraction of sp³-hybridized carbons (Fsp3) is 0.294. The van der Waals surface area contributed by atoms with Gasteiger partial charge in [0.05, 0.1) is 11.0 Å². The summed E-state index contributed by atoms with van der Waals surface area (Å²) in [5.41, 5.74) is 2.68. The van der Waals surface area contributed by atoms with Crippen LogP contribution in [-0.4, -0.2) is 24.4 Å². The first kappa shape index (κ1) is 15.2. The van der Waals surface area contributed by atoms with E-state index in [-0.39, 0.29) is 17.5 Å². The fourth-order valence-electron chi connectivity index (χ4n) is 2.93. The van der Waals surface area contributed by atoms with Gasteiger partial charge in [-0.25, -0.2) is 8.42 Å². The zero-order valence-electron chi connectivity index (χ0n) is 12.6. The third kappa shape index (κ3) is 2.45. The lowest BCUT2D eigenvalue weighted by atomic mass is 9.93. The Hall–Kier alpha value is -1.69. The van der Waals surface area contributed by atoms with E-state index < -0.39 is 16.1 Å². The molecule has 0 bridgehead atoms. The molecule has 1 aliphatic heterocycles. The van der Waals surface area contributed by atoms with Crippen LogP contribution in [0.25, 0.3) is 0 Å². The maximum Gasteiger partial charge on any atom is 0.243 e. The highest BCUT2D eigenvalue weighted by Crippen LogP contribution is 2.37. The van der Waals surface area contributed by atoms with Crippen molar-refractivity contribution in [2.45, 2.75) is 30.9 Å². The molecule has 3 rings (SSSR count). The first-order chi connectivity index (χ1) is 10.4. The Bertz CT molecular complexity index is 784. The van der Waals surface area contributed by atoms with Crippen molar-refractivity contribution in [1.29, 1.82) is 0 Å². The zero-order valence-corrected chi connectivity index (χ0v) is 13.4. The Kier molecular flexibility index (Phi) is 3.80. The molecule has 0 aliphatic carbocycles. The Morgan fingerprint density at radius 3 is 2.27 bits per heavy atom. The predicted octanol–water partition coefficient (Wildman–Crippen LogP) is 2.79. The molecule has 2 aromatic carbocycles. The predicted molar refractivity (Wildman–Crippen MR) is 84.9 cm³/mol. The SMILES string of the molecule is Cc1ccc(S(=O)(=O)N2C[C@H](O)c3ccccc3[C@@H]2C)cc1. The van der Waals surface area contributed by atoms with E-state index in [1.54, 1.807) is 24.3 Å². The largest absolute Gasteiger partial charge is 0.387 e. The molecule has 22 heavy (non-hydrogen) atoms. The Labute approximate surface area is 131 Å². The molecule has 0 spiro atoms. The molecule has 2 atom stereocenters. The molecule has 0 unspecified atom stereocenters. The van der Waals surface area contributed by atoms with Gasteiger partial charge in [0.2, 0.25) is 10.0 Å². The first-order valence-electron chi connectivity index (χ1n) is 7.26. The second kappa shape index (κ2) is 5.50. The molecule has 5 heteroatoms. The molecule has 0 saturated heterocycles. The summed E-state index contributed by atoms with van der Waals surface area (Å²) in [6.45, 7) is 3.85. The van der Waals surface area contributed by atoms with Gasteiger partial charge in [0.1, 0.15) is 0 Å². The van der Waals surface area contributed by atoms with Crippen molar-refractivity contribution in [2.75, 3.05) is 6.54 Å². The minimum Gasteiger partial charge on any atom is -0.387 e. The van der Waals surface area contributed by atoms with Crippen molar-refractivity contribution in [3.63, 3.8) is 0 Å². The minimum atomic E-state index is -3.63. The van der Waals surface area contributed by atoms with Crippen molar-refractivity contribution < 1.29 is 13.5 Å². The normalized spacial score (nSPS) is 22.3. The second-order valence-corrected chi connectivity index (χ2v) is 7.60. The minimum absolute atomic E-state index is 0.0778. The lowest BCUT2D eigenvalue weighted by molar-refractivity contribution is 0.118. The van der Waals surface area contributed by atoms with Gasteiger partial charge in [-0.2, -0.15) is 4.31 Å². The van der Waals surface area contributed by atoms with Gasteiger partial charge in [0, 0.05) is 12.6 Å². The summed E-state index contributed by atoms with van der Waals surface area (Å²) in [6.07, 6.45) is -0.798. The van der Waals surface area contributed by atoms with Crippen LogP contribution < -0.4 is 0 Å². The molecule has 0 saturated carbocycles. The molecule has 1 heterocycles. The zero-order chi connectivity index (χ0) is 15.9. The summed E-state index contributed by atoms with van der Waals surface area (Å²) >= 11 is 0. The molecule has 2 aromatic rings. The van der Waals surface area contributed by atoms with Crippen LogP contribution in [0.2, 0.25) is 0 Å². The summed E-state index contributed by atoms with van der Waals surface area (Å²) in [5, 5.41) is 10.3. The van der Waals surface area contributed by atoms with E-state index >= 15 is 0 Å². The molecule has 0 radical (unpaired) electrons. The Morgan fingerprint density at radius 1 is 1.05 bits per heavy atom. The van der Waals surface area contributed by atoms with E-state index in [4.69, 9.17) is 0 Å². The van der Waals surface area contributed by atoms with Crippen LogP contribution in [0.1, 0.15) is 35.8 Å². The number of β-amino-alcohol motifs (C(OH)–C–C–N with tert-alkyl or cyclic N) is 1. The van der Waals surface area contributed by atoms with Crippen LogP contribution in [0.4, 0.5) is 0 Å². The van der Waals surface area contributed by atoms with Crippen LogP contribution in [0.3, 0.4) is 0 Å². The number of benzene rings is 2. The first-order valence-corrected chi connectivity index (χ1v) is 8.70. The molecular weight excluding hydrogens is 298 g/mol. The molecule has 116 valence electrons. The number of hydrogen-bond acceptors (Lipinski definition) is 3. The lowest BCUT2D eigenvalue weighted by Crippen LogP contribution is -2.40. The Morgan fingerprint density at radius 2 is 1.64 bits per heavy atom. The number of aryl methyl sites for hydroxylation is 1. The highest BCUT2D eigenvalue weighted by Gasteiger charge is 2.37. The van der Waals surface area contributed by atoms with Gasteiger partial charge in [-0.3, -0.25) is 0 Å². The van der Waals surface area contributed by atoms with Crippen LogP contribution in [0.5, 0.6) is 0 Å².